The maximum absolute atomic E-state index is 6.13. The van der Waals surface area contributed by atoms with Crippen molar-refractivity contribution in [3.63, 3.8) is 0 Å². The molecule has 2 aromatic carbocycles. The fraction of sp³-hybridized carbons (Fsp3) is 0.444. The van der Waals surface area contributed by atoms with Gasteiger partial charge in [-0.2, -0.15) is 0 Å². The maximum atomic E-state index is 6.13. The first-order valence-electron chi connectivity index (χ1n) is 7.80. The molecule has 112 valence electrons. The van der Waals surface area contributed by atoms with Crippen molar-refractivity contribution >= 4 is 10.8 Å². The molecule has 0 spiro atoms. The molecule has 3 rings (SSSR count). The number of rotatable bonds is 6. The summed E-state index contributed by atoms with van der Waals surface area (Å²) < 4.78 is 11.6. The zero-order valence-corrected chi connectivity index (χ0v) is 12.5. The topological polar surface area (TPSA) is 30.5 Å². The van der Waals surface area contributed by atoms with Gasteiger partial charge < -0.3 is 14.8 Å². The Kier molecular flexibility index (Phi) is 4.73. The van der Waals surface area contributed by atoms with Gasteiger partial charge in [0.15, 0.2) is 0 Å². The molecule has 1 heterocycles. The monoisotopic (exact) mass is 285 g/mol. The van der Waals surface area contributed by atoms with Gasteiger partial charge in [-0.25, -0.2) is 0 Å². The smallest absolute Gasteiger partial charge is 0.127 e. The van der Waals surface area contributed by atoms with E-state index in [0.717, 1.165) is 31.9 Å². The standard InChI is InChI=1S/C18H23NO2/c1-2-19-17(15-10-11-20-12-15)13-21-18-9-5-7-14-6-3-4-8-16(14)18/h3-9,15,17,19H,2,10-13H2,1H3. The third kappa shape index (κ3) is 3.36. The van der Waals surface area contributed by atoms with Crippen molar-refractivity contribution in [3.05, 3.63) is 42.5 Å². The highest BCUT2D eigenvalue weighted by Gasteiger charge is 2.25. The molecule has 3 nitrogen and oxygen atoms in total. The molecule has 2 unspecified atom stereocenters. The summed E-state index contributed by atoms with van der Waals surface area (Å²) in [6, 6.07) is 14.9. The molecule has 2 atom stereocenters. The number of likely N-dealkylation sites (N-methyl/N-ethyl adjacent to an activating group) is 1. The van der Waals surface area contributed by atoms with Crippen LogP contribution in [0.15, 0.2) is 42.5 Å². The van der Waals surface area contributed by atoms with Crippen LogP contribution in [0.2, 0.25) is 0 Å². The molecule has 2 aromatic rings. The molecular formula is C18H23NO2. The van der Waals surface area contributed by atoms with Crippen LogP contribution in [-0.4, -0.2) is 32.4 Å². The molecule has 0 saturated carbocycles. The largest absolute Gasteiger partial charge is 0.491 e. The van der Waals surface area contributed by atoms with Crippen LogP contribution < -0.4 is 10.1 Å². The Hall–Kier alpha value is -1.58. The molecule has 21 heavy (non-hydrogen) atoms. The Morgan fingerprint density at radius 2 is 2.10 bits per heavy atom. The van der Waals surface area contributed by atoms with Crippen molar-refractivity contribution in [3.8, 4) is 5.75 Å². The van der Waals surface area contributed by atoms with E-state index in [2.05, 4.69) is 54.7 Å². The third-order valence-electron chi connectivity index (χ3n) is 4.17. The van der Waals surface area contributed by atoms with Gasteiger partial charge in [0, 0.05) is 24.0 Å². The highest BCUT2D eigenvalue weighted by atomic mass is 16.5. The second-order valence-corrected chi connectivity index (χ2v) is 5.58. The van der Waals surface area contributed by atoms with Gasteiger partial charge in [0.25, 0.3) is 0 Å². The minimum Gasteiger partial charge on any atom is -0.491 e. The van der Waals surface area contributed by atoms with Crippen LogP contribution in [0.25, 0.3) is 10.8 Å². The number of nitrogens with one attached hydrogen (secondary N) is 1. The first kappa shape index (κ1) is 14.4. The van der Waals surface area contributed by atoms with Crippen molar-refractivity contribution in [2.45, 2.75) is 19.4 Å². The Bertz CT molecular complexity index is 573. The average Bonchev–Trinajstić information content (AvgIpc) is 3.05. The molecule has 3 heteroatoms. The minimum atomic E-state index is 0.358. The molecule has 0 aromatic heterocycles. The average molecular weight is 285 g/mol. The summed E-state index contributed by atoms with van der Waals surface area (Å²) >= 11 is 0. The Labute approximate surface area is 126 Å². The molecule has 1 aliphatic heterocycles. The highest BCUT2D eigenvalue weighted by Crippen LogP contribution is 2.26. The zero-order valence-electron chi connectivity index (χ0n) is 12.5. The Morgan fingerprint density at radius 3 is 2.90 bits per heavy atom. The number of ether oxygens (including phenoxy) is 2. The quantitative estimate of drug-likeness (QED) is 0.884. The van der Waals surface area contributed by atoms with Crippen LogP contribution >= 0.6 is 0 Å². The lowest BCUT2D eigenvalue weighted by molar-refractivity contribution is 0.161. The van der Waals surface area contributed by atoms with E-state index in [9.17, 15) is 0 Å². The lowest BCUT2D eigenvalue weighted by atomic mass is 10.00. The van der Waals surface area contributed by atoms with Crippen LogP contribution in [-0.2, 0) is 4.74 Å². The summed E-state index contributed by atoms with van der Waals surface area (Å²) in [5.41, 5.74) is 0. The molecule has 1 fully saturated rings. The van der Waals surface area contributed by atoms with Crippen LogP contribution in [0.5, 0.6) is 5.75 Å². The fourth-order valence-corrected chi connectivity index (χ4v) is 3.00. The first-order chi connectivity index (χ1) is 10.4. The lowest BCUT2D eigenvalue weighted by Crippen LogP contribution is -2.41. The van der Waals surface area contributed by atoms with E-state index in [4.69, 9.17) is 9.47 Å². The second-order valence-electron chi connectivity index (χ2n) is 5.58. The van der Waals surface area contributed by atoms with E-state index < -0.39 is 0 Å². The number of hydrogen-bond acceptors (Lipinski definition) is 3. The van der Waals surface area contributed by atoms with E-state index in [0.29, 0.717) is 18.6 Å². The van der Waals surface area contributed by atoms with Gasteiger partial charge in [0.2, 0.25) is 0 Å². The van der Waals surface area contributed by atoms with E-state index >= 15 is 0 Å². The maximum Gasteiger partial charge on any atom is 0.127 e. The molecule has 0 aliphatic carbocycles. The second kappa shape index (κ2) is 6.92. The summed E-state index contributed by atoms with van der Waals surface area (Å²) in [7, 11) is 0. The van der Waals surface area contributed by atoms with Gasteiger partial charge in [-0.15, -0.1) is 0 Å². The van der Waals surface area contributed by atoms with Crippen molar-refractivity contribution in [2.75, 3.05) is 26.4 Å². The van der Waals surface area contributed by atoms with Crippen molar-refractivity contribution in [1.82, 2.24) is 5.32 Å². The van der Waals surface area contributed by atoms with Gasteiger partial charge in [-0.05, 0) is 24.4 Å². The van der Waals surface area contributed by atoms with Crippen LogP contribution in [0.1, 0.15) is 13.3 Å². The van der Waals surface area contributed by atoms with Gasteiger partial charge in [0.1, 0.15) is 12.4 Å². The van der Waals surface area contributed by atoms with Crippen molar-refractivity contribution < 1.29 is 9.47 Å². The fourth-order valence-electron chi connectivity index (χ4n) is 3.00. The predicted octanol–water partition coefficient (Wildman–Crippen LogP) is 3.23. The molecule has 1 aliphatic rings. The Balaban J connectivity index is 1.72. The minimum absolute atomic E-state index is 0.358. The number of benzene rings is 2. The molecule has 0 radical (unpaired) electrons. The molecule has 0 amide bonds. The SMILES string of the molecule is CCNC(COc1cccc2ccccc12)C1CCOC1. The zero-order chi connectivity index (χ0) is 14.5. The van der Waals surface area contributed by atoms with Crippen molar-refractivity contribution in [1.29, 1.82) is 0 Å². The Morgan fingerprint density at radius 1 is 1.24 bits per heavy atom. The van der Waals surface area contributed by atoms with Gasteiger partial charge >= 0.3 is 0 Å². The summed E-state index contributed by atoms with van der Waals surface area (Å²) in [6.07, 6.45) is 1.12. The van der Waals surface area contributed by atoms with Crippen LogP contribution in [0.4, 0.5) is 0 Å². The predicted molar refractivity (Wildman–Crippen MR) is 85.8 cm³/mol. The molecule has 1 N–H and O–H groups in total. The molecule has 0 bridgehead atoms. The normalized spacial score (nSPS) is 19.8. The summed E-state index contributed by atoms with van der Waals surface area (Å²) in [6.45, 7) is 5.51. The van der Waals surface area contributed by atoms with Gasteiger partial charge in [-0.3, -0.25) is 0 Å². The number of fused-ring (bicyclic) bond motifs is 1. The molecular weight excluding hydrogens is 262 g/mol. The lowest BCUT2D eigenvalue weighted by Gasteiger charge is -2.23. The van der Waals surface area contributed by atoms with Gasteiger partial charge in [-0.1, -0.05) is 43.3 Å². The molecule has 1 saturated heterocycles. The summed E-state index contributed by atoms with van der Waals surface area (Å²) in [5, 5.41) is 5.94. The summed E-state index contributed by atoms with van der Waals surface area (Å²) in [5.74, 6) is 1.52. The first-order valence-corrected chi connectivity index (χ1v) is 7.80. The van der Waals surface area contributed by atoms with Crippen molar-refractivity contribution in [2.24, 2.45) is 5.92 Å². The summed E-state index contributed by atoms with van der Waals surface area (Å²) in [4.78, 5) is 0. The number of hydrogen-bond donors (Lipinski definition) is 1. The van der Waals surface area contributed by atoms with Crippen LogP contribution in [0, 0.1) is 5.92 Å². The van der Waals surface area contributed by atoms with E-state index in [1.54, 1.807) is 0 Å². The van der Waals surface area contributed by atoms with E-state index in [1.165, 1.54) is 10.8 Å². The van der Waals surface area contributed by atoms with Gasteiger partial charge in [0.05, 0.1) is 6.61 Å². The van der Waals surface area contributed by atoms with Crippen LogP contribution in [0.3, 0.4) is 0 Å². The van der Waals surface area contributed by atoms with E-state index in [-0.39, 0.29) is 0 Å². The third-order valence-corrected chi connectivity index (χ3v) is 4.17. The highest BCUT2D eigenvalue weighted by molar-refractivity contribution is 5.88. The van der Waals surface area contributed by atoms with E-state index in [1.807, 2.05) is 0 Å².